The summed E-state index contributed by atoms with van der Waals surface area (Å²) in [7, 11) is 3.38. The van der Waals surface area contributed by atoms with E-state index in [2.05, 4.69) is 20.6 Å². The van der Waals surface area contributed by atoms with E-state index < -0.39 is 0 Å². The molecule has 0 saturated heterocycles. The van der Waals surface area contributed by atoms with Crippen molar-refractivity contribution in [2.75, 3.05) is 45.8 Å². The van der Waals surface area contributed by atoms with Gasteiger partial charge >= 0.3 is 0 Å². The second-order valence-electron chi connectivity index (χ2n) is 5.49. The molecule has 0 aliphatic carbocycles. The Hall–Kier alpha value is -2.51. The number of guanidine groups is 1. The van der Waals surface area contributed by atoms with Crippen molar-refractivity contribution in [3.8, 4) is 11.6 Å². The summed E-state index contributed by atoms with van der Waals surface area (Å²) in [6.45, 7) is 2.23. The van der Waals surface area contributed by atoms with E-state index in [1.54, 1.807) is 32.5 Å². The SMILES string of the molecule is CN=C(NCCOc1ncccc1Cl)Nc1cccc(OCCCOC)c1. The fourth-order valence-electron chi connectivity index (χ4n) is 2.17. The van der Waals surface area contributed by atoms with Crippen molar-refractivity contribution in [3.05, 3.63) is 47.6 Å². The number of hydrogen-bond donors (Lipinski definition) is 2. The number of pyridine rings is 1. The zero-order valence-electron chi connectivity index (χ0n) is 15.6. The Bertz CT molecular complexity index is 728. The van der Waals surface area contributed by atoms with Crippen LogP contribution in [0.4, 0.5) is 5.69 Å². The molecule has 0 spiro atoms. The molecule has 1 aromatic carbocycles. The lowest BCUT2D eigenvalue weighted by Crippen LogP contribution is -2.33. The van der Waals surface area contributed by atoms with Gasteiger partial charge in [-0.1, -0.05) is 17.7 Å². The van der Waals surface area contributed by atoms with E-state index >= 15 is 0 Å². The van der Waals surface area contributed by atoms with Crippen LogP contribution in [-0.4, -0.2) is 51.5 Å². The third-order valence-electron chi connectivity index (χ3n) is 3.44. The standard InChI is InChI=1S/C19H25ClN4O3/c1-21-19(23-10-13-27-18-17(20)8-4-9-22-18)24-15-6-3-7-16(14-15)26-12-5-11-25-2/h3-4,6-9,14H,5,10-13H2,1-2H3,(H2,21,23,24). The molecule has 0 unspecified atom stereocenters. The Labute approximate surface area is 164 Å². The van der Waals surface area contributed by atoms with E-state index in [9.17, 15) is 0 Å². The van der Waals surface area contributed by atoms with Crippen LogP contribution in [0, 0.1) is 0 Å². The van der Waals surface area contributed by atoms with Gasteiger partial charge in [0.25, 0.3) is 0 Å². The van der Waals surface area contributed by atoms with E-state index in [0.717, 1.165) is 17.9 Å². The molecule has 0 bridgehead atoms. The monoisotopic (exact) mass is 392 g/mol. The highest BCUT2D eigenvalue weighted by molar-refractivity contribution is 6.31. The summed E-state index contributed by atoms with van der Waals surface area (Å²) < 4.78 is 16.3. The molecule has 1 heterocycles. The zero-order chi connectivity index (χ0) is 19.3. The number of halogens is 1. The number of benzene rings is 1. The molecule has 1 aromatic heterocycles. The maximum absolute atomic E-state index is 6.01. The molecule has 0 aliphatic rings. The van der Waals surface area contributed by atoms with Gasteiger partial charge in [0, 0.05) is 45.1 Å². The van der Waals surface area contributed by atoms with E-state index in [-0.39, 0.29) is 0 Å². The molecule has 2 N–H and O–H groups in total. The number of nitrogens with one attached hydrogen (secondary N) is 2. The molecule has 146 valence electrons. The van der Waals surface area contributed by atoms with Gasteiger partial charge in [-0.15, -0.1) is 0 Å². The lowest BCUT2D eigenvalue weighted by atomic mass is 10.3. The first-order valence-electron chi connectivity index (χ1n) is 8.65. The quantitative estimate of drug-likeness (QED) is 0.367. The van der Waals surface area contributed by atoms with Crippen molar-refractivity contribution in [1.82, 2.24) is 10.3 Å². The summed E-state index contributed by atoms with van der Waals surface area (Å²) in [5.41, 5.74) is 0.876. The third-order valence-corrected chi connectivity index (χ3v) is 3.73. The van der Waals surface area contributed by atoms with Crippen molar-refractivity contribution in [2.45, 2.75) is 6.42 Å². The van der Waals surface area contributed by atoms with Crippen LogP contribution in [0.3, 0.4) is 0 Å². The van der Waals surface area contributed by atoms with Gasteiger partial charge < -0.3 is 24.8 Å². The molecular weight excluding hydrogens is 368 g/mol. The minimum atomic E-state index is 0.403. The van der Waals surface area contributed by atoms with Gasteiger partial charge in [0.1, 0.15) is 17.4 Å². The fraction of sp³-hybridized carbons (Fsp3) is 0.368. The van der Waals surface area contributed by atoms with Crippen LogP contribution in [0.15, 0.2) is 47.6 Å². The van der Waals surface area contributed by atoms with E-state index in [0.29, 0.717) is 43.2 Å². The molecule has 0 radical (unpaired) electrons. The topological polar surface area (TPSA) is 77.0 Å². The highest BCUT2D eigenvalue weighted by Gasteiger charge is 2.03. The maximum Gasteiger partial charge on any atom is 0.232 e. The Morgan fingerprint density at radius 2 is 2.04 bits per heavy atom. The van der Waals surface area contributed by atoms with E-state index in [1.807, 2.05) is 24.3 Å². The lowest BCUT2D eigenvalue weighted by Gasteiger charge is -2.13. The minimum Gasteiger partial charge on any atom is -0.493 e. The number of aromatic nitrogens is 1. The molecule has 8 heteroatoms. The van der Waals surface area contributed by atoms with Crippen LogP contribution in [-0.2, 0) is 4.74 Å². The zero-order valence-corrected chi connectivity index (χ0v) is 16.3. The van der Waals surface area contributed by atoms with E-state index in [4.69, 9.17) is 25.8 Å². The Morgan fingerprint density at radius 1 is 1.15 bits per heavy atom. The normalized spacial score (nSPS) is 11.1. The molecule has 0 amide bonds. The number of anilines is 1. The second-order valence-corrected chi connectivity index (χ2v) is 5.89. The molecular formula is C19H25ClN4O3. The first-order valence-corrected chi connectivity index (χ1v) is 9.03. The maximum atomic E-state index is 6.01. The van der Waals surface area contributed by atoms with Crippen LogP contribution in [0.25, 0.3) is 0 Å². The predicted molar refractivity (Wildman–Crippen MR) is 108 cm³/mol. The molecule has 7 nitrogen and oxygen atoms in total. The smallest absolute Gasteiger partial charge is 0.232 e. The van der Waals surface area contributed by atoms with E-state index in [1.165, 1.54) is 0 Å². The number of ether oxygens (including phenoxy) is 3. The Balaban J connectivity index is 1.76. The average Bonchev–Trinajstić information content (AvgIpc) is 2.69. The second kappa shape index (κ2) is 12.0. The fourth-order valence-corrected chi connectivity index (χ4v) is 2.34. The highest BCUT2D eigenvalue weighted by Crippen LogP contribution is 2.19. The molecule has 0 saturated carbocycles. The van der Waals surface area contributed by atoms with Crippen LogP contribution in [0.1, 0.15) is 6.42 Å². The van der Waals surface area contributed by atoms with Gasteiger partial charge in [0.2, 0.25) is 5.88 Å². The number of methoxy groups -OCH3 is 1. The third kappa shape index (κ3) is 7.72. The summed E-state index contributed by atoms with van der Waals surface area (Å²) in [4.78, 5) is 8.28. The van der Waals surface area contributed by atoms with Gasteiger partial charge in [-0.3, -0.25) is 4.99 Å². The Morgan fingerprint density at radius 3 is 2.81 bits per heavy atom. The summed E-state index contributed by atoms with van der Waals surface area (Å²) in [6, 6.07) is 11.2. The van der Waals surface area contributed by atoms with Crippen molar-refractivity contribution in [3.63, 3.8) is 0 Å². The highest BCUT2D eigenvalue weighted by atomic mass is 35.5. The van der Waals surface area contributed by atoms with Crippen molar-refractivity contribution >= 4 is 23.2 Å². The molecule has 2 rings (SSSR count). The number of rotatable bonds is 10. The molecule has 0 fully saturated rings. The lowest BCUT2D eigenvalue weighted by molar-refractivity contribution is 0.172. The number of hydrogen-bond acceptors (Lipinski definition) is 5. The van der Waals surface area contributed by atoms with Crippen LogP contribution in [0.5, 0.6) is 11.6 Å². The largest absolute Gasteiger partial charge is 0.493 e. The van der Waals surface area contributed by atoms with Crippen molar-refractivity contribution in [1.29, 1.82) is 0 Å². The summed E-state index contributed by atoms with van der Waals surface area (Å²) in [5, 5.41) is 6.88. The van der Waals surface area contributed by atoms with Crippen LogP contribution in [0.2, 0.25) is 5.02 Å². The van der Waals surface area contributed by atoms with Gasteiger partial charge in [0.15, 0.2) is 5.96 Å². The predicted octanol–water partition coefficient (Wildman–Crippen LogP) is 3.22. The summed E-state index contributed by atoms with van der Waals surface area (Å²) >= 11 is 6.01. The minimum absolute atomic E-state index is 0.403. The molecule has 27 heavy (non-hydrogen) atoms. The molecule has 2 aromatic rings. The average molecular weight is 393 g/mol. The van der Waals surface area contributed by atoms with Crippen molar-refractivity contribution < 1.29 is 14.2 Å². The van der Waals surface area contributed by atoms with Gasteiger partial charge in [-0.25, -0.2) is 4.98 Å². The van der Waals surface area contributed by atoms with Crippen LogP contribution >= 0.6 is 11.6 Å². The van der Waals surface area contributed by atoms with Crippen molar-refractivity contribution in [2.24, 2.45) is 4.99 Å². The number of nitrogens with zero attached hydrogens (tertiary/aromatic N) is 2. The van der Waals surface area contributed by atoms with Crippen LogP contribution < -0.4 is 20.1 Å². The van der Waals surface area contributed by atoms with Gasteiger partial charge in [0.05, 0.1) is 13.2 Å². The first-order chi connectivity index (χ1) is 13.2. The first kappa shape index (κ1) is 20.8. The molecule has 0 atom stereocenters. The Kier molecular flexibility index (Phi) is 9.23. The summed E-state index contributed by atoms with van der Waals surface area (Å²) in [6.07, 6.45) is 2.48. The molecule has 0 aliphatic heterocycles. The number of aliphatic imine (C=N–C) groups is 1. The summed E-state index contributed by atoms with van der Waals surface area (Å²) in [5.74, 6) is 1.84. The van der Waals surface area contributed by atoms with Gasteiger partial charge in [-0.05, 0) is 24.3 Å². The van der Waals surface area contributed by atoms with Gasteiger partial charge in [-0.2, -0.15) is 0 Å².